The van der Waals surface area contributed by atoms with Crippen molar-refractivity contribution >= 4 is 23.4 Å². The van der Waals surface area contributed by atoms with Crippen LogP contribution in [0.2, 0.25) is 0 Å². The summed E-state index contributed by atoms with van der Waals surface area (Å²) < 4.78 is 52.3. The summed E-state index contributed by atoms with van der Waals surface area (Å²) in [6.45, 7) is 0.850. The Kier molecular flexibility index (Phi) is 8.73. The van der Waals surface area contributed by atoms with E-state index < -0.39 is 24.1 Å². The second-order valence-electron chi connectivity index (χ2n) is 7.32. The minimum absolute atomic E-state index is 0.0597. The molecule has 0 radical (unpaired) electrons. The van der Waals surface area contributed by atoms with Gasteiger partial charge in [-0.2, -0.15) is 0 Å². The van der Waals surface area contributed by atoms with Crippen molar-refractivity contribution in [2.45, 2.75) is 19.5 Å². The molecule has 0 atom stereocenters. The zero-order valence-corrected chi connectivity index (χ0v) is 19.4. The molecule has 0 bridgehead atoms. The molecular weight excluding hydrogens is 483 g/mol. The number of hydrogen-bond donors (Lipinski definition) is 3. The van der Waals surface area contributed by atoms with Crippen molar-refractivity contribution in [3.8, 4) is 11.5 Å². The lowest BCUT2D eigenvalue weighted by Gasteiger charge is -2.10. The Bertz CT molecular complexity index is 1160. The van der Waals surface area contributed by atoms with E-state index in [9.17, 15) is 22.8 Å². The van der Waals surface area contributed by atoms with Crippen LogP contribution in [0.3, 0.4) is 0 Å². The van der Waals surface area contributed by atoms with Crippen LogP contribution in [0.1, 0.15) is 16.2 Å². The van der Waals surface area contributed by atoms with Gasteiger partial charge in [-0.25, -0.2) is 9.78 Å². The van der Waals surface area contributed by atoms with Gasteiger partial charge in [-0.05, 0) is 42.0 Å². The number of ether oxygens (including phenoxy) is 3. The lowest BCUT2D eigenvalue weighted by atomic mass is 10.2. The molecule has 0 spiro atoms. The molecular formula is C23H24F3N5O5. The van der Waals surface area contributed by atoms with Crippen LogP contribution >= 0.6 is 0 Å². The van der Waals surface area contributed by atoms with Crippen molar-refractivity contribution in [2.75, 3.05) is 31.5 Å². The maximum Gasteiger partial charge on any atom is 0.573 e. The van der Waals surface area contributed by atoms with E-state index in [-0.39, 0.29) is 23.9 Å². The number of nitrogens with one attached hydrogen (secondary N) is 3. The predicted molar refractivity (Wildman–Crippen MR) is 124 cm³/mol. The van der Waals surface area contributed by atoms with Gasteiger partial charge >= 0.3 is 12.4 Å². The third-order valence-electron chi connectivity index (χ3n) is 4.72. The van der Waals surface area contributed by atoms with Gasteiger partial charge in [0.2, 0.25) is 5.82 Å². The summed E-state index contributed by atoms with van der Waals surface area (Å²) in [6.07, 6.45) is -3.34. The molecule has 192 valence electrons. The summed E-state index contributed by atoms with van der Waals surface area (Å²) in [5, 5.41) is 7.73. The first kappa shape index (κ1) is 26.3. The third kappa shape index (κ3) is 7.91. The van der Waals surface area contributed by atoms with Gasteiger partial charge in [0.25, 0.3) is 5.91 Å². The van der Waals surface area contributed by atoms with Crippen molar-refractivity contribution in [3.05, 3.63) is 66.1 Å². The molecule has 0 saturated heterocycles. The zero-order valence-electron chi connectivity index (χ0n) is 19.4. The Morgan fingerprint density at radius 3 is 2.25 bits per heavy atom. The molecule has 0 fully saturated rings. The molecule has 3 rings (SSSR count). The minimum Gasteiger partial charge on any atom is -0.497 e. The second-order valence-corrected chi connectivity index (χ2v) is 7.32. The molecule has 0 aliphatic carbocycles. The molecule has 1 aromatic heterocycles. The summed E-state index contributed by atoms with van der Waals surface area (Å²) >= 11 is 0. The van der Waals surface area contributed by atoms with Gasteiger partial charge in [0, 0.05) is 32.1 Å². The summed E-state index contributed by atoms with van der Waals surface area (Å²) in [4.78, 5) is 29.3. The van der Waals surface area contributed by atoms with Crippen molar-refractivity contribution in [1.82, 2.24) is 14.9 Å². The van der Waals surface area contributed by atoms with E-state index in [0.717, 1.165) is 17.7 Å². The summed E-state index contributed by atoms with van der Waals surface area (Å²) in [5.41, 5.74) is 1.07. The first-order valence-electron chi connectivity index (χ1n) is 10.6. The Balaban J connectivity index is 1.63. The number of carbonyl (C=O) groups excluding carboxylic acids is 2. The Hall–Kier alpha value is -4.26. The molecule has 1 heterocycles. The maximum atomic E-state index is 12.8. The highest BCUT2D eigenvalue weighted by Gasteiger charge is 2.31. The average molecular weight is 507 g/mol. The van der Waals surface area contributed by atoms with E-state index in [1.165, 1.54) is 30.0 Å². The number of anilines is 2. The fourth-order valence-electron chi connectivity index (χ4n) is 3.04. The van der Waals surface area contributed by atoms with E-state index in [4.69, 9.17) is 9.47 Å². The number of amides is 3. The van der Waals surface area contributed by atoms with E-state index in [1.54, 1.807) is 19.2 Å². The van der Waals surface area contributed by atoms with Gasteiger partial charge in [0.1, 0.15) is 11.5 Å². The molecule has 13 heteroatoms. The van der Waals surface area contributed by atoms with Gasteiger partial charge < -0.3 is 29.4 Å². The number of halogens is 3. The molecule has 0 aliphatic heterocycles. The van der Waals surface area contributed by atoms with Gasteiger partial charge in [-0.3, -0.25) is 10.1 Å². The molecule has 36 heavy (non-hydrogen) atoms. The number of rotatable bonds is 10. The smallest absolute Gasteiger partial charge is 0.497 e. The first-order chi connectivity index (χ1) is 17.2. The first-order valence-corrected chi connectivity index (χ1v) is 10.6. The molecule has 3 amide bonds. The van der Waals surface area contributed by atoms with Crippen LogP contribution in [0, 0.1) is 0 Å². The topological polar surface area (TPSA) is 116 Å². The number of methoxy groups -OCH3 is 2. The summed E-state index contributed by atoms with van der Waals surface area (Å²) in [6, 6.07) is 11.1. The van der Waals surface area contributed by atoms with Crippen molar-refractivity contribution in [2.24, 2.45) is 0 Å². The number of imidazole rings is 1. The van der Waals surface area contributed by atoms with Crippen LogP contribution in [0.15, 0.2) is 54.7 Å². The number of hydrogen-bond acceptors (Lipinski definition) is 6. The number of alkyl halides is 3. The lowest BCUT2D eigenvalue weighted by Crippen LogP contribution is -2.27. The molecule has 2 aromatic carbocycles. The summed E-state index contributed by atoms with van der Waals surface area (Å²) in [5.74, 6) is -0.0363. The van der Waals surface area contributed by atoms with Gasteiger partial charge in [-0.1, -0.05) is 12.1 Å². The van der Waals surface area contributed by atoms with Crippen LogP contribution < -0.4 is 25.4 Å². The molecule has 3 N–H and O–H groups in total. The molecule has 10 nitrogen and oxygen atoms in total. The van der Waals surface area contributed by atoms with E-state index >= 15 is 0 Å². The second kappa shape index (κ2) is 11.9. The van der Waals surface area contributed by atoms with Crippen molar-refractivity contribution < 1.29 is 37.0 Å². The Morgan fingerprint density at radius 1 is 0.972 bits per heavy atom. The fraction of sp³-hybridized carbons (Fsp3) is 0.261. The van der Waals surface area contributed by atoms with Crippen molar-refractivity contribution in [3.63, 3.8) is 0 Å². The highest BCUT2D eigenvalue weighted by Crippen LogP contribution is 2.24. The predicted octanol–water partition coefficient (Wildman–Crippen LogP) is 4.01. The highest BCUT2D eigenvalue weighted by atomic mass is 19.4. The SMILES string of the molecule is COCCn1cc(NC(=O)Nc2ccc(OC(F)(F)F)cc2)nc1C(=O)NCc1ccc(OC)cc1. The molecule has 0 aliphatic rings. The van der Waals surface area contributed by atoms with Crippen LogP contribution in [-0.2, 0) is 17.8 Å². The number of urea groups is 1. The van der Waals surface area contributed by atoms with Crippen LogP contribution in [0.5, 0.6) is 11.5 Å². The Morgan fingerprint density at radius 2 is 1.64 bits per heavy atom. The summed E-state index contributed by atoms with van der Waals surface area (Å²) in [7, 11) is 3.07. The average Bonchev–Trinajstić information content (AvgIpc) is 3.24. The fourth-order valence-corrected chi connectivity index (χ4v) is 3.04. The van der Waals surface area contributed by atoms with Crippen LogP contribution in [-0.4, -0.2) is 48.7 Å². The number of benzene rings is 2. The van der Waals surface area contributed by atoms with Gasteiger partial charge in [-0.15, -0.1) is 13.2 Å². The maximum absolute atomic E-state index is 12.8. The Labute approximate surface area is 204 Å². The molecule has 0 unspecified atom stereocenters. The van der Waals surface area contributed by atoms with E-state index in [1.807, 2.05) is 12.1 Å². The quantitative estimate of drug-likeness (QED) is 0.382. The van der Waals surface area contributed by atoms with E-state index in [0.29, 0.717) is 18.9 Å². The van der Waals surface area contributed by atoms with E-state index in [2.05, 4.69) is 25.7 Å². The standard InChI is InChI=1S/C23H24F3N5O5/c1-34-12-11-31-14-19(29-20(31)21(32)27-13-15-3-7-17(35-2)8-4-15)30-22(33)28-16-5-9-18(10-6-16)36-23(24,25)26/h3-10,14H,11-13H2,1-2H3,(H,27,32)(H2,28,30,33). The van der Waals surface area contributed by atoms with Gasteiger partial charge in [0.15, 0.2) is 5.82 Å². The number of carbonyl (C=O) groups is 2. The normalized spacial score (nSPS) is 11.0. The minimum atomic E-state index is -4.81. The van der Waals surface area contributed by atoms with Gasteiger partial charge in [0.05, 0.1) is 13.7 Å². The molecule has 0 saturated carbocycles. The van der Waals surface area contributed by atoms with Crippen LogP contribution in [0.25, 0.3) is 0 Å². The third-order valence-corrected chi connectivity index (χ3v) is 4.72. The number of nitrogens with zero attached hydrogens (tertiary/aromatic N) is 2. The monoisotopic (exact) mass is 507 g/mol. The number of aromatic nitrogens is 2. The zero-order chi connectivity index (χ0) is 26.1. The largest absolute Gasteiger partial charge is 0.573 e. The molecule has 3 aromatic rings. The highest BCUT2D eigenvalue weighted by molar-refractivity contribution is 5.99. The van der Waals surface area contributed by atoms with Crippen LogP contribution in [0.4, 0.5) is 29.5 Å². The van der Waals surface area contributed by atoms with Crippen molar-refractivity contribution in [1.29, 1.82) is 0 Å². The lowest BCUT2D eigenvalue weighted by molar-refractivity contribution is -0.274.